The Morgan fingerprint density at radius 2 is 1.04 bits per heavy atom. The Labute approximate surface area is 268 Å². The lowest BCUT2D eigenvalue weighted by molar-refractivity contribution is -0.486. The maximum Gasteiger partial charge on any atom is 0.281 e. The number of carbonyl (C=O) groups is 2. The molecule has 0 radical (unpaired) electrons. The number of pyridine rings is 2. The summed E-state index contributed by atoms with van der Waals surface area (Å²) in [7, 11) is 0. The average Bonchev–Trinajstić information content (AvgIpc) is 3.59. The van der Waals surface area contributed by atoms with Gasteiger partial charge in [-0.1, -0.05) is 55.3 Å². The van der Waals surface area contributed by atoms with Gasteiger partial charge >= 0.3 is 0 Å². The molecule has 4 rings (SSSR count). The molecule has 0 spiro atoms. The Morgan fingerprint density at radius 1 is 0.667 bits per heavy atom. The van der Waals surface area contributed by atoms with Gasteiger partial charge in [0, 0.05) is 51.7 Å². The predicted octanol–water partition coefficient (Wildman–Crippen LogP) is 3.83. The van der Waals surface area contributed by atoms with Gasteiger partial charge in [-0.3, -0.25) is 19.4 Å². The van der Waals surface area contributed by atoms with Crippen molar-refractivity contribution in [1.29, 1.82) is 0 Å². The highest BCUT2D eigenvalue weighted by molar-refractivity contribution is 6.29. The molecule has 2 aromatic rings. The van der Waals surface area contributed by atoms with Crippen LogP contribution in [-0.2, 0) is 0 Å². The molecule has 2 aromatic heterocycles. The molecule has 0 aromatic carbocycles. The van der Waals surface area contributed by atoms with E-state index in [1.807, 2.05) is 0 Å². The molecule has 0 saturated carbocycles. The van der Waals surface area contributed by atoms with Crippen molar-refractivity contribution in [2.24, 2.45) is 10.2 Å². The highest BCUT2D eigenvalue weighted by Crippen LogP contribution is 2.19. The smallest absolute Gasteiger partial charge is 0.281 e. The summed E-state index contributed by atoms with van der Waals surface area (Å²) < 4.78 is 0. The topological polar surface area (TPSA) is 184 Å². The molecule has 0 atom stereocenters. The van der Waals surface area contributed by atoms with E-state index in [-0.39, 0.29) is 46.4 Å². The lowest BCUT2D eigenvalue weighted by Gasteiger charge is -2.19. The average molecular weight is 664 g/mol. The number of hydrazone groups is 2. The van der Waals surface area contributed by atoms with Gasteiger partial charge in [0.1, 0.15) is 20.5 Å². The molecule has 2 aliphatic heterocycles. The van der Waals surface area contributed by atoms with Crippen molar-refractivity contribution in [3.05, 3.63) is 78.3 Å². The fourth-order valence-corrected chi connectivity index (χ4v) is 5.40. The lowest BCUT2D eigenvalue weighted by Crippen LogP contribution is -2.38. The van der Waals surface area contributed by atoms with Crippen molar-refractivity contribution in [2.45, 2.75) is 44.9 Å². The lowest BCUT2D eigenvalue weighted by atomic mass is 10.1. The molecule has 0 unspecified atom stereocenters. The summed E-state index contributed by atoms with van der Waals surface area (Å²) in [6.07, 6.45) is 8.93. The van der Waals surface area contributed by atoms with E-state index < -0.39 is 21.9 Å². The van der Waals surface area contributed by atoms with Gasteiger partial charge in [0.2, 0.25) is 0 Å². The molecule has 45 heavy (non-hydrogen) atoms. The molecule has 4 heterocycles. The molecule has 2 amide bonds. The van der Waals surface area contributed by atoms with Crippen LogP contribution in [-0.4, -0.2) is 103 Å². The number of amides is 2. The van der Waals surface area contributed by atoms with E-state index in [1.54, 1.807) is 9.80 Å². The van der Waals surface area contributed by atoms with Crippen LogP contribution in [0.25, 0.3) is 0 Å². The monoisotopic (exact) mass is 662 g/mol. The van der Waals surface area contributed by atoms with Gasteiger partial charge in [-0.05, 0) is 37.1 Å². The summed E-state index contributed by atoms with van der Waals surface area (Å²) in [6.45, 7) is 2.51. The van der Waals surface area contributed by atoms with Gasteiger partial charge in [-0.15, -0.1) is 0 Å². The van der Waals surface area contributed by atoms with E-state index in [4.69, 9.17) is 23.2 Å². The van der Waals surface area contributed by atoms with E-state index in [1.165, 1.54) is 46.5 Å². The number of halogens is 2. The fourth-order valence-electron chi connectivity index (χ4n) is 5.18. The van der Waals surface area contributed by atoms with Crippen molar-refractivity contribution in [1.82, 2.24) is 29.6 Å². The van der Waals surface area contributed by atoms with Crippen molar-refractivity contribution in [2.75, 3.05) is 39.3 Å². The first-order valence-corrected chi connectivity index (χ1v) is 15.2. The molecular formula is C27H32Cl2N10O6. The van der Waals surface area contributed by atoms with E-state index in [0.29, 0.717) is 26.2 Å². The highest BCUT2D eigenvalue weighted by atomic mass is 35.5. The molecule has 0 N–H and O–H groups in total. The summed E-state index contributed by atoms with van der Waals surface area (Å²) in [6, 6.07) is 6.01. The Morgan fingerprint density at radius 3 is 1.38 bits per heavy atom. The van der Waals surface area contributed by atoms with Gasteiger partial charge < -0.3 is 9.80 Å². The quantitative estimate of drug-likeness (QED) is 0.125. The van der Waals surface area contributed by atoms with Gasteiger partial charge in [0.05, 0.1) is 11.1 Å². The minimum Gasteiger partial charge on any atom is -0.335 e. The Kier molecular flexibility index (Phi) is 11.9. The number of rotatable bonds is 14. The zero-order valence-electron chi connectivity index (χ0n) is 24.3. The van der Waals surface area contributed by atoms with Crippen molar-refractivity contribution in [3.8, 4) is 0 Å². The SMILES string of the molecule is O=C(c1ccc(Cl)nc1)N1CCN(CCCCCCCCCN2CCN(C(=O)c3ccc(Cl)nc3)C2=N[N+](=O)[O-])C1=N[N+](=O)[O-]. The minimum absolute atomic E-state index is 0.0203. The second-order valence-corrected chi connectivity index (χ2v) is 11.2. The molecule has 0 bridgehead atoms. The molecule has 240 valence electrons. The van der Waals surface area contributed by atoms with Crippen molar-refractivity contribution < 1.29 is 19.7 Å². The predicted molar refractivity (Wildman–Crippen MR) is 165 cm³/mol. The van der Waals surface area contributed by atoms with Crippen LogP contribution in [0.2, 0.25) is 10.3 Å². The van der Waals surface area contributed by atoms with Crippen molar-refractivity contribution in [3.63, 3.8) is 0 Å². The van der Waals surface area contributed by atoms with Gasteiger partial charge in [-0.25, -0.2) is 30.2 Å². The molecular weight excluding hydrogens is 631 g/mol. The normalized spacial score (nSPS) is 16.7. The number of nitro groups is 2. The van der Waals surface area contributed by atoms with Crippen LogP contribution in [0.15, 0.2) is 46.9 Å². The molecule has 0 aliphatic carbocycles. The molecule has 2 aliphatic rings. The van der Waals surface area contributed by atoms with Crippen molar-refractivity contribution >= 4 is 46.9 Å². The number of aromatic nitrogens is 2. The van der Waals surface area contributed by atoms with E-state index in [2.05, 4.69) is 20.2 Å². The Hall–Kier alpha value is -4.44. The zero-order valence-corrected chi connectivity index (χ0v) is 25.8. The Bertz CT molecular complexity index is 1330. The number of carbonyl (C=O) groups excluding carboxylic acids is 2. The van der Waals surface area contributed by atoms with Gasteiger partial charge in [-0.2, -0.15) is 0 Å². The van der Waals surface area contributed by atoms with Crippen LogP contribution in [0.4, 0.5) is 0 Å². The fraction of sp³-hybridized carbons (Fsp3) is 0.481. The summed E-state index contributed by atoms with van der Waals surface area (Å²) in [5.74, 6) is -0.809. The standard InChI is InChI=1S/C27H32Cl2N10O6/c28-22-10-8-20(18-30-22)24(40)36-16-14-34(26(36)32-38(42)43)12-6-4-2-1-3-5-7-13-35-15-17-37(27(35)33-39(44)45)25(41)21-9-11-23(29)31-19-21/h8-11,18-19H,1-7,12-17H2. The third kappa shape index (κ3) is 9.28. The van der Waals surface area contributed by atoms with Crippen LogP contribution in [0, 0.1) is 20.2 Å². The van der Waals surface area contributed by atoms with E-state index >= 15 is 0 Å². The third-order valence-electron chi connectivity index (χ3n) is 7.37. The van der Waals surface area contributed by atoms with Crippen LogP contribution in [0.5, 0.6) is 0 Å². The summed E-state index contributed by atoms with van der Waals surface area (Å²) in [4.78, 5) is 62.1. The highest BCUT2D eigenvalue weighted by Gasteiger charge is 2.35. The number of nitrogens with zero attached hydrogens (tertiary/aromatic N) is 10. The number of hydrogen-bond acceptors (Lipinski definition) is 8. The third-order valence-corrected chi connectivity index (χ3v) is 7.82. The zero-order chi connectivity index (χ0) is 32.3. The first-order chi connectivity index (χ1) is 21.6. The number of unbranched alkanes of at least 4 members (excludes halogenated alkanes) is 6. The second-order valence-electron chi connectivity index (χ2n) is 10.4. The van der Waals surface area contributed by atoms with Crippen LogP contribution >= 0.6 is 23.2 Å². The van der Waals surface area contributed by atoms with Gasteiger partial charge in [0.15, 0.2) is 10.1 Å². The minimum atomic E-state index is -0.797. The first-order valence-electron chi connectivity index (χ1n) is 14.5. The Balaban J connectivity index is 1.16. The maximum absolute atomic E-state index is 12.9. The van der Waals surface area contributed by atoms with Crippen LogP contribution in [0.3, 0.4) is 0 Å². The molecule has 2 fully saturated rings. The first kappa shape index (κ1) is 33.5. The second kappa shape index (κ2) is 16.0. The molecule has 2 saturated heterocycles. The summed E-state index contributed by atoms with van der Waals surface area (Å²) in [5.41, 5.74) is 0.536. The van der Waals surface area contributed by atoms with Gasteiger partial charge in [0.25, 0.3) is 23.7 Å². The summed E-state index contributed by atoms with van der Waals surface area (Å²) >= 11 is 11.6. The number of hydrogen-bond donors (Lipinski definition) is 0. The van der Waals surface area contributed by atoms with Crippen LogP contribution in [0.1, 0.15) is 65.7 Å². The molecule has 18 heteroatoms. The molecule has 16 nitrogen and oxygen atoms in total. The van der Waals surface area contributed by atoms with Crippen LogP contribution < -0.4 is 0 Å². The maximum atomic E-state index is 12.9. The largest absolute Gasteiger partial charge is 0.335 e. The van der Waals surface area contributed by atoms with E-state index in [0.717, 1.165) is 44.9 Å². The number of guanidine groups is 2. The summed E-state index contributed by atoms with van der Waals surface area (Å²) in [5, 5.41) is 28.2. The van der Waals surface area contributed by atoms with E-state index in [9.17, 15) is 29.8 Å².